The van der Waals surface area contributed by atoms with Gasteiger partial charge in [0.05, 0.1) is 6.10 Å². The minimum atomic E-state index is -0.436. The van der Waals surface area contributed by atoms with Crippen LogP contribution in [0.1, 0.15) is 66.2 Å². The van der Waals surface area contributed by atoms with Gasteiger partial charge in [0, 0.05) is 24.7 Å². The van der Waals surface area contributed by atoms with E-state index in [1.807, 2.05) is 25.7 Å². The summed E-state index contributed by atoms with van der Waals surface area (Å²) in [5, 5.41) is 13.3. The number of rotatable bonds is 2. The Morgan fingerprint density at radius 2 is 1.77 bits per heavy atom. The summed E-state index contributed by atoms with van der Waals surface area (Å²) in [5.74, 6) is 0. The Morgan fingerprint density at radius 1 is 1.14 bits per heavy atom. The zero-order valence-corrected chi connectivity index (χ0v) is 14.5. The Labute approximate surface area is 134 Å². The molecule has 0 aromatic heterocycles. The lowest BCUT2D eigenvalue weighted by atomic mass is 9.90. The number of nitrogens with zero attached hydrogens (tertiary/aromatic N) is 1. The van der Waals surface area contributed by atoms with E-state index < -0.39 is 5.60 Å². The molecule has 5 heteroatoms. The summed E-state index contributed by atoms with van der Waals surface area (Å²) >= 11 is 0. The molecule has 128 valence electrons. The second kappa shape index (κ2) is 7.18. The highest BCUT2D eigenvalue weighted by Gasteiger charge is 2.32. The van der Waals surface area contributed by atoms with Crippen LogP contribution in [-0.4, -0.2) is 52.5 Å². The smallest absolute Gasteiger partial charge is 0.410 e. The summed E-state index contributed by atoms with van der Waals surface area (Å²) < 4.78 is 5.48. The number of hydrogen-bond donors (Lipinski definition) is 2. The molecule has 0 aromatic carbocycles. The van der Waals surface area contributed by atoms with Crippen LogP contribution in [0.25, 0.3) is 0 Å². The molecule has 1 aliphatic carbocycles. The van der Waals surface area contributed by atoms with Crippen LogP contribution >= 0.6 is 0 Å². The fraction of sp³-hybridized carbons (Fsp3) is 0.941. The minimum absolute atomic E-state index is 0.106. The third kappa shape index (κ3) is 5.13. The maximum atomic E-state index is 12.2. The first-order valence-electron chi connectivity index (χ1n) is 8.68. The van der Waals surface area contributed by atoms with E-state index in [2.05, 4.69) is 12.2 Å². The van der Waals surface area contributed by atoms with Crippen molar-refractivity contribution in [1.82, 2.24) is 10.2 Å². The summed E-state index contributed by atoms with van der Waals surface area (Å²) in [5.41, 5.74) is -0.436. The molecule has 0 radical (unpaired) electrons. The van der Waals surface area contributed by atoms with Crippen molar-refractivity contribution in [1.29, 1.82) is 0 Å². The number of carbonyl (C=O) groups is 1. The average Bonchev–Trinajstić information content (AvgIpc) is 2.39. The highest BCUT2D eigenvalue weighted by Crippen LogP contribution is 2.24. The van der Waals surface area contributed by atoms with Crippen molar-refractivity contribution in [2.24, 2.45) is 0 Å². The van der Waals surface area contributed by atoms with Gasteiger partial charge in [-0.15, -0.1) is 0 Å². The van der Waals surface area contributed by atoms with Gasteiger partial charge in [0.15, 0.2) is 0 Å². The predicted molar refractivity (Wildman–Crippen MR) is 86.8 cm³/mol. The van der Waals surface area contributed by atoms with Gasteiger partial charge in [-0.3, -0.25) is 0 Å². The molecule has 1 saturated heterocycles. The third-order valence-electron chi connectivity index (χ3n) is 4.67. The van der Waals surface area contributed by atoms with E-state index in [1.165, 1.54) is 0 Å². The Morgan fingerprint density at radius 3 is 2.32 bits per heavy atom. The van der Waals surface area contributed by atoms with Crippen LogP contribution in [-0.2, 0) is 4.74 Å². The molecule has 1 aliphatic heterocycles. The van der Waals surface area contributed by atoms with Crippen molar-refractivity contribution in [2.45, 2.75) is 96.1 Å². The van der Waals surface area contributed by atoms with Crippen LogP contribution in [0.3, 0.4) is 0 Å². The van der Waals surface area contributed by atoms with Crippen molar-refractivity contribution in [2.75, 3.05) is 6.54 Å². The Kier molecular flexibility index (Phi) is 5.72. The first-order valence-corrected chi connectivity index (χ1v) is 8.68. The molecular weight excluding hydrogens is 280 g/mol. The molecule has 0 spiro atoms. The zero-order chi connectivity index (χ0) is 16.3. The maximum Gasteiger partial charge on any atom is 0.410 e. The predicted octanol–water partition coefficient (Wildman–Crippen LogP) is 2.67. The van der Waals surface area contributed by atoms with Crippen molar-refractivity contribution >= 4 is 6.09 Å². The molecule has 2 N–H and O–H groups in total. The van der Waals surface area contributed by atoms with E-state index in [9.17, 15) is 9.90 Å². The van der Waals surface area contributed by atoms with Gasteiger partial charge >= 0.3 is 6.09 Å². The van der Waals surface area contributed by atoms with Gasteiger partial charge in [0.25, 0.3) is 0 Å². The first kappa shape index (κ1) is 17.5. The second-order valence-corrected chi connectivity index (χ2v) is 7.92. The topological polar surface area (TPSA) is 61.8 Å². The van der Waals surface area contributed by atoms with Crippen molar-refractivity contribution in [3.8, 4) is 0 Å². The van der Waals surface area contributed by atoms with Crippen LogP contribution in [0.4, 0.5) is 4.79 Å². The van der Waals surface area contributed by atoms with E-state index in [0.29, 0.717) is 12.1 Å². The number of amides is 1. The fourth-order valence-corrected chi connectivity index (χ4v) is 3.49. The highest BCUT2D eigenvalue weighted by atomic mass is 16.6. The third-order valence-corrected chi connectivity index (χ3v) is 4.67. The summed E-state index contributed by atoms with van der Waals surface area (Å²) in [4.78, 5) is 14.1. The second-order valence-electron chi connectivity index (χ2n) is 7.92. The van der Waals surface area contributed by atoms with E-state index in [-0.39, 0.29) is 18.2 Å². The van der Waals surface area contributed by atoms with Gasteiger partial charge in [0.2, 0.25) is 0 Å². The Hall–Kier alpha value is -0.810. The summed E-state index contributed by atoms with van der Waals surface area (Å²) in [6.45, 7) is 8.57. The Bertz CT molecular complexity index is 373. The van der Waals surface area contributed by atoms with Crippen molar-refractivity contribution in [3.05, 3.63) is 0 Å². The summed E-state index contributed by atoms with van der Waals surface area (Å²) in [6.07, 6.45) is 5.57. The Balaban J connectivity index is 1.78. The van der Waals surface area contributed by atoms with Crippen LogP contribution < -0.4 is 5.32 Å². The van der Waals surface area contributed by atoms with Crippen LogP contribution in [0.2, 0.25) is 0 Å². The molecule has 2 aliphatic rings. The number of hydrogen-bond acceptors (Lipinski definition) is 4. The number of piperidine rings is 1. The molecule has 1 amide bonds. The van der Waals surface area contributed by atoms with Gasteiger partial charge in [-0.25, -0.2) is 4.79 Å². The molecular formula is C17H32N2O3. The van der Waals surface area contributed by atoms with Crippen LogP contribution in [0, 0.1) is 0 Å². The highest BCUT2D eigenvalue weighted by molar-refractivity contribution is 5.68. The van der Waals surface area contributed by atoms with Gasteiger partial charge in [0.1, 0.15) is 5.60 Å². The molecule has 0 aromatic rings. The van der Waals surface area contributed by atoms with Crippen LogP contribution in [0.15, 0.2) is 0 Å². The zero-order valence-electron chi connectivity index (χ0n) is 14.5. The molecule has 2 fully saturated rings. The quantitative estimate of drug-likeness (QED) is 0.823. The minimum Gasteiger partial charge on any atom is -0.444 e. The molecule has 1 heterocycles. The van der Waals surface area contributed by atoms with Gasteiger partial charge in [-0.05, 0) is 66.2 Å². The lowest BCUT2D eigenvalue weighted by Crippen LogP contribution is -2.53. The molecule has 5 nitrogen and oxygen atoms in total. The molecule has 1 saturated carbocycles. The van der Waals surface area contributed by atoms with Crippen molar-refractivity contribution < 1.29 is 14.6 Å². The van der Waals surface area contributed by atoms with Crippen LogP contribution in [0.5, 0.6) is 0 Å². The lowest BCUT2D eigenvalue weighted by Gasteiger charge is -2.40. The molecule has 2 unspecified atom stereocenters. The van der Waals surface area contributed by atoms with E-state index in [0.717, 1.165) is 45.1 Å². The average molecular weight is 312 g/mol. The monoisotopic (exact) mass is 312 g/mol. The standard InChI is InChI=1S/C17H32N2O3/c1-12-11-14(18-13-5-7-15(20)8-6-13)9-10-19(12)16(21)22-17(2,3)4/h12-15,18,20H,5-11H2,1-4H3. The largest absolute Gasteiger partial charge is 0.444 e. The number of carbonyl (C=O) groups excluding carboxylic acids is 1. The number of aliphatic hydroxyl groups is 1. The lowest BCUT2D eigenvalue weighted by molar-refractivity contribution is 0.00841. The maximum absolute atomic E-state index is 12.2. The number of aliphatic hydroxyl groups excluding tert-OH is 1. The SMILES string of the molecule is CC1CC(NC2CCC(O)CC2)CCN1C(=O)OC(C)(C)C. The molecule has 0 bridgehead atoms. The van der Waals surface area contributed by atoms with Crippen molar-refractivity contribution in [3.63, 3.8) is 0 Å². The number of nitrogens with one attached hydrogen (secondary N) is 1. The van der Waals surface area contributed by atoms with E-state index in [4.69, 9.17) is 4.74 Å². The summed E-state index contributed by atoms with van der Waals surface area (Å²) in [6, 6.07) is 1.19. The fourth-order valence-electron chi connectivity index (χ4n) is 3.49. The van der Waals surface area contributed by atoms with Gasteiger partial charge in [-0.2, -0.15) is 0 Å². The first-order chi connectivity index (χ1) is 10.2. The van der Waals surface area contributed by atoms with E-state index in [1.54, 1.807) is 0 Å². The molecule has 2 atom stereocenters. The normalized spacial score (nSPS) is 33.6. The molecule has 22 heavy (non-hydrogen) atoms. The van der Waals surface area contributed by atoms with Gasteiger partial charge in [-0.1, -0.05) is 0 Å². The number of likely N-dealkylation sites (tertiary alicyclic amines) is 1. The van der Waals surface area contributed by atoms with E-state index >= 15 is 0 Å². The number of ether oxygens (including phenoxy) is 1. The van der Waals surface area contributed by atoms with Gasteiger partial charge < -0.3 is 20.1 Å². The summed E-state index contributed by atoms with van der Waals surface area (Å²) in [7, 11) is 0. The molecule has 2 rings (SSSR count).